The first kappa shape index (κ1) is 16.5. The predicted octanol–water partition coefficient (Wildman–Crippen LogP) is 2.89. The molecule has 2 amide bonds. The number of aromatic amines is 1. The number of rotatable bonds is 3. The van der Waals surface area contributed by atoms with E-state index in [9.17, 15) is 14.4 Å². The van der Waals surface area contributed by atoms with Gasteiger partial charge in [0.1, 0.15) is 0 Å². The lowest BCUT2D eigenvalue weighted by atomic mass is 10.1. The zero-order valence-corrected chi connectivity index (χ0v) is 14.9. The average Bonchev–Trinajstić information content (AvgIpc) is 3.17. The second-order valence-corrected chi connectivity index (χ2v) is 7.47. The Hall–Kier alpha value is -2.93. The van der Waals surface area contributed by atoms with E-state index in [4.69, 9.17) is 0 Å². The van der Waals surface area contributed by atoms with Crippen LogP contribution in [-0.4, -0.2) is 23.3 Å². The van der Waals surface area contributed by atoms with Crippen molar-refractivity contribution in [3.8, 4) is 0 Å². The minimum Gasteiger partial charge on any atom is -0.326 e. The van der Waals surface area contributed by atoms with Crippen LogP contribution in [0.15, 0.2) is 47.3 Å². The number of nitrogens with zero attached hydrogens (tertiary/aromatic N) is 1. The lowest BCUT2D eigenvalue weighted by Gasteiger charge is -2.17. The van der Waals surface area contributed by atoms with Crippen molar-refractivity contribution in [2.45, 2.75) is 13.3 Å². The maximum Gasteiger partial charge on any atom is 0.305 e. The number of aromatic nitrogens is 1. The summed E-state index contributed by atoms with van der Waals surface area (Å²) in [7, 11) is 0. The molecule has 2 heterocycles. The number of carbonyl (C=O) groups excluding carboxylic acids is 2. The van der Waals surface area contributed by atoms with Gasteiger partial charge in [-0.1, -0.05) is 29.0 Å². The van der Waals surface area contributed by atoms with Gasteiger partial charge < -0.3 is 15.2 Å². The lowest BCUT2D eigenvalue weighted by Crippen LogP contribution is -2.28. The summed E-state index contributed by atoms with van der Waals surface area (Å²) >= 11 is 1.10. The van der Waals surface area contributed by atoms with Crippen molar-refractivity contribution >= 4 is 44.7 Å². The minimum atomic E-state index is -0.399. The van der Waals surface area contributed by atoms with Crippen molar-refractivity contribution in [3.63, 3.8) is 0 Å². The second kappa shape index (κ2) is 6.42. The van der Waals surface area contributed by atoms with E-state index < -0.39 is 5.92 Å². The summed E-state index contributed by atoms with van der Waals surface area (Å²) in [6.45, 7) is 2.36. The molecule has 3 aromatic rings. The van der Waals surface area contributed by atoms with Gasteiger partial charge in [0, 0.05) is 24.3 Å². The summed E-state index contributed by atoms with van der Waals surface area (Å²) in [5, 5.41) is 2.86. The lowest BCUT2D eigenvalue weighted by molar-refractivity contribution is -0.122. The predicted molar refractivity (Wildman–Crippen MR) is 103 cm³/mol. The van der Waals surface area contributed by atoms with Gasteiger partial charge in [-0.05, 0) is 37.3 Å². The third-order valence-electron chi connectivity index (χ3n) is 4.53. The van der Waals surface area contributed by atoms with Crippen molar-refractivity contribution in [2.24, 2.45) is 5.92 Å². The first-order valence-corrected chi connectivity index (χ1v) is 9.12. The number of benzene rings is 2. The molecule has 0 unspecified atom stereocenters. The number of hydrogen-bond acceptors (Lipinski definition) is 4. The Labute approximate surface area is 153 Å². The molecule has 6 nitrogen and oxygen atoms in total. The van der Waals surface area contributed by atoms with E-state index in [1.54, 1.807) is 23.1 Å². The number of thiazole rings is 1. The van der Waals surface area contributed by atoms with Crippen LogP contribution in [0.25, 0.3) is 10.2 Å². The van der Waals surface area contributed by atoms with E-state index in [1.165, 1.54) is 0 Å². The molecule has 2 aromatic carbocycles. The summed E-state index contributed by atoms with van der Waals surface area (Å²) in [6, 6.07) is 13.0. The molecule has 2 N–H and O–H groups in total. The molecule has 26 heavy (non-hydrogen) atoms. The maximum absolute atomic E-state index is 12.6. The smallest absolute Gasteiger partial charge is 0.305 e. The fourth-order valence-corrected chi connectivity index (χ4v) is 3.90. The number of aryl methyl sites for hydroxylation is 1. The zero-order valence-electron chi connectivity index (χ0n) is 14.1. The molecule has 1 aromatic heterocycles. The topological polar surface area (TPSA) is 82.3 Å². The van der Waals surface area contributed by atoms with Crippen LogP contribution in [0.5, 0.6) is 0 Å². The molecule has 132 valence electrons. The molecule has 0 spiro atoms. The minimum absolute atomic E-state index is 0.0479. The molecule has 0 bridgehead atoms. The highest BCUT2D eigenvalue weighted by Crippen LogP contribution is 2.27. The third-order valence-corrected chi connectivity index (χ3v) is 5.38. The van der Waals surface area contributed by atoms with Crippen LogP contribution in [-0.2, 0) is 9.59 Å². The number of carbonyl (C=O) groups is 2. The Bertz CT molecular complexity index is 1050. The van der Waals surface area contributed by atoms with Gasteiger partial charge in [-0.3, -0.25) is 14.4 Å². The molecular weight excluding hydrogens is 350 g/mol. The van der Waals surface area contributed by atoms with E-state index in [0.717, 1.165) is 32.8 Å². The first-order valence-electron chi connectivity index (χ1n) is 8.30. The number of fused-ring (bicyclic) bond motifs is 1. The van der Waals surface area contributed by atoms with E-state index >= 15 is 0 Å². The molecule has 1 saturated heterocycles. The highest BCUT2D eigenvalue weighted by atomic mass is 32.1. The standard InChI is InChI=1S/C19H17N3O3S/c1-11-2-5-14(6-3-11)22-10-12(8-17(22)23)18(24)20-13-4-7-15-16(9-13)26-19(25)21-15/h2-7,9,12H,8,10H2,1H3,(H,20,24)(H,21,25)/t12-/m0/s1. The number of hydrogen-bond donors (Lipinski definition) is 2. The molecule has 1 aliphatic rings. The SMILES string of the molecule is Cc1ccc(N2C[C@@H](C(=O)Nc3ccc4[nH]c(=O)sc4c3)CC2=O)cc1. The molecule has 0 radical (unpaired) electrons. The monoisotopic (exact) mass is 367 g/mol. The highest BCUT2D eigenvalue weighted by Gasteiger charge is 2.35. The molecule has 1 aliphatic heterocycles. The molecule has 1 atom stereocenters. The normalized spacial score (nSPS) is 17.0. The van der Waals surface area contributed by atoms with Crippen LogP contribution < -0.4 is 15.1 Å². The van der Waals surface area contributed by atoms with E-state index in [2.05, 4.69) is 10.3 Å². The maximum atomic E-state index is 12.6. The fourth-order valence-electron chi connectivity index (χ4n) is 3.12. The van der Waals surface area contributed by atoms with Crippen LogP contribution >= 0.6 is 11.3 Å². The molecule has 0 aliphatic carbocycles. The summed E-state index contributed by atoms with van der Waals surface area (Å²) in [4.78, 5) is 40.5. The van der Waals surface area contributed by atoms with Gasteiger partial charge in [0.05, 0.1) is 16.1 Å². The molecule has 1 fully saturated rings. The summed E-state index contributed by atoms with van der Waals surface area (Å²) in [5.74, 6) is -0.632. The molecule has 7 heteroatoms. The Morgan fingerprint density at radius 2 is 1.96 bits per heavy atom. The first-order chi connectivity index (χ1) is 12.5. The molecule has 4 rings (SSSR count). The van der Waals surface area contributed by atoms with Gasteiger partial charge in [-0.25, -0.2) is 0 Å². The van der Waals surface area contributed by atoms with Gasteiger partial charge in [-0.15, -0.1) is 0 Å². The van der Waals surface area contributed by atoms with Crippen LogP contribution in [0, 0.1) is 12.8 Å². The number of H-pyrrole nitrogens is 1. The van der Waals surface area contributed by atoms with Crippen LogP contribution in [0.1, 0.15) is 12.0 Å². The van der Waals surface area contributed by atoms with Gasteiger partial charge >= 0.3 is 4.87 Å². The quantitative estimate of drug-likeness (QED) is 0.747. The van der Waals surface area contributed by atoms with Crippen molar-refractivity contribution in [1.29, 1.82) is 0 Å². The van der Waals surface area contributed by atoms with Crippen molar-refractivity contribution in [2.75, 3.05) is 16.8 Å². The molecule has 0 saturated carbocycles. The van der Waals surface area contributed by atoms with E-state index in [-0.39, 0.29) is 23.1 Å². The number of nitrogens with one attached hydrogen (secondary N) is 2. The zero-order chi connectivity index (χ0) is 18.3. The average molecular weight is 367 g/mol. The third kappa shape index (κ3) is 3.13. The highest BCUT2D eigenvalue weighted by molar-refractivity contribution is 7.16. The summed E-state index contributed by atoms with van der Waals surface area (Å²) in [5.41, 5.74) is 3.31. The van der Waals surface area contributed by atoms with Crippen LogP contribution in [0.2, 0.25) is 0 Å². The second-order valence-electron chi connectivity index (χ2n) is 6.46. The van der Waals surface area contributed by atoms with Gasteiger partial charge in [0.2, 0.25) is 11.8 Å². The van der Waals surface area contributed by atoms with Crippen LogP contribution in [0.4, 0.5) is 11.4 Å². The van der Waals surface area contributed by atoms with E-state index in [1.807, 2.05) is 31.2 Å². The Morgan fingerprint density at radius 1 is 1.19 bits per heavy atom. The van der Waals surface area contributed by atoms with E-state index in [0.29, 0.717) is 12.2 Å². The van der Waals surface area contributed by atoms with Crippen molar-refractivity contribution in [1.82, 2.24) is 4.98 Å². The summed E-state index contributed by atoms with van der Waals surface area (Å²) in [6.07, 6.45) is 0.194. The van der Waals surface area contributed by atoms with Crippen LogP contribution in [0.3, 0.4) is 0 Å². The Kier molecular flexibility index (Phi) is 4.08. The fraction of sp³-hybridized carbons (Fsp3) is 0.211. The Morgan fingerprint density at radius 3 is 2.73 bits per heavy atom. The molecular formula is C19H17N3O3S. The number of anilines is 2. The van der Waals surface area contributed by atoms with Gasteiger partial charge in [0.25, 0.3) is 0 Å². The number of amides is 2. The largest absolute Gasteiger partial charge is 0.326 e. The van der Waals surface area contributed by atoms with Gasteiger partial charge in [0.15, 0.2) is 0 Å². The van der Waals surface area contributed by atoms with Gasteiger partial charge in [-0.2, -0.15) is 0 Å². The van der Waals surface area contributed by atoms with Crippen molar-refractivity contribution in [3.05, 3.63) is 57.7 Å². The van der Waals surface area contributed by atoms with Crippen molar-refractivity contribution < 1.29 is 9.59 Å². The summed E-state index contributed by atoms with van der Waals surface area (Å²) < 4.78 is 0.789. The Balaban J connectivity index is 1.48.